The largest absolute Gasteiger partial charge is 0.489 e. The molecule has 3 aliphatic rings. The number of fused-ring (bicyclic) bond motifs is 1. The van der Waals surface area contributed by atoms with Crippen LogP contribution >= 0.6 is 0 Å². The van der Waals surface area contributed by atoms with Gasteiger partial charge in [-0.05, 0) is 69.0 Å². The van der Waals surface area contributed by atoms with Crippen LogP contribution in [0, 0.1) is 0 Å². The Bertz CT molecular complexity index is 818. The quantitative estimate of drug-likeness (QED) is 0.801. The Labute approximate surface area is 172 Å². The van der Waals surface area contributed by atoms with E-state index in [1.165, 1.54) is 12.8 Å². The minimum atomic E-state index is -0.424. The second kappa shape index (κ2) is 8.19. The van der Waals surface area contributed by atoms with E-state index in [1.54, 1.807) is 4.90 Å². The molecule has 1 saturated carbocycles. The second-order valence-corrected chi connectivity index (χ2v) is 8.28. The van der Waals surface area contributed by atoms with Gasteiger partial charge in [0.2, 0.25) is 5.91 Å². The highest BCUT2D eigenvalue weighted by atomic mass is 16.5. The Morgan fingerprint density at radius 1 is 1.21 bits per heavy atom. The topological polar surface area (TPSA) is 61.9 Å². The third kappa shape index (κ3) is 3.78. The van der Waals surface area contributed by atoms with Gasteiger partial charge < -0.3 is 15.0 Å². The number of hydrogen-bond acceptors (Lipinski definition) is 4. The van der Waals surface area contributed by atoms with Crippen molar-refractivity contribution in [2.24, 2.45) is 0 Å². The number of likely N-dealkylation sites (N-methyl/N-ethyl adjacent to an activating group) is 1. The highest BCUT2D eigenvalue weighted by molar-refractivity contribution is 6.01. The Morgan fingerprint density at radius 3 is 2.72 bits per heavy atom. The standard InChI is InChI=1S/C23H31N3O3/c1-4-25(5-2)19-7-6-8-21(19)29-17-10-11-18-16(13-17)14-26(23(18)28)20-12-9-15(3)24-22(20)27/h10-11,13,19-21H,3-9,12,14H2,1-2H3,(H,24,27). The zero-order valence-electron chi connectivity index (χ0n) is 17.4. The van der Waals surface area contributed by atoms with E-state index in [0.717, 1.165) is 36.5 Å². The Morgan fingerprint density at radius 2 is 2.00 bits per heavy atom. The number of nitrogens with one attached hydrogen (secondary N) is 1. The van der Waals surface area contributed by atoms with Gasteiger partial charge in [0.1, 0.15) is 17.9 Å². The van der Waals surface area contributed by atoms with Crippen LogP contribution in [0.3, 0.4) is 0 Å². The molecule has 0 spiro atoms. The summed E-state index contributed by atoms with van der Waals surface area (Å²) in [6.45, 7) is 10.7. The van der Waals surface area contributed by atoms with E-state index < -0.39 is 6.04 Å². The summed E-state index contributed by atoms with van der Waals surface area (Å²) in [5, 5.41) is 2.78. The lowest BCUT2D eigenvalue weighted by Gasteiger charge is -2.31. The van der Waals surface area contributed by atoms with Crippen molar-refractivity contribution in [3.63, 3.8) is 0 Å². The van der Waals surface area contributed by atoms with Crippen LogP contribution < -0.4 is 10.1 Å². The summed E-state index contributed by atoms with van der Waals surface area (Å²) in [5.41, 5.74) is 2.36. The van der Waals surface area contributed by atoms with Gasteiger partial charge in [0.15, 0.2) is 0 Å². The fraction of sp³-hybridized carbons (Fsp3) is 0.565. The molecule has 2 aliphatic heterocycles. The van der Waals surface area contributed by atoms with Crippen LogP contribution in [-0.2, 0) is 11.3 Å². The van der Waals surface area contributed by atoms with Crippen molar-refractivity contribution in [1.29, 1.82) is 0 Å². The lowest BCUT2D eigenvalue weighted by Crippen LogP contribution is -2.49. The molecule has 0 aromatic heterocycles. The van der Waals surface area contributed by atoms with Crippen LogP contribution in [0.1, 0.15) is 61.9 Å². The Hall–Kier alpha value is -2.34. The number of carbonyl (C=O) groups excluding carboxylic acids is 2. The predicted molar refractivity (Wildman–Crippen MR) is 112 cm³/mol. The first-order valence-corrected chi connectivity index (χ1v) is 10.8. The number of ether oxygens (including phenoxy) is 1. The van der Waals surface area contributed by atoms with E-state index in [9.17, 15) is 9.59 Å². The molecule has 1 N–H and O–H groups in total. The first kappa shape index (κ1) is 20.0. The van der Waals surface area contributed by atoms with Gasteiger partial charge in [0.05, 0.1) is 0 Å². The lowest BCUT2D eigenvalue weighted by atomic mass is 10.0. The van der Waals surface area contributed by atoms with E-state index in [-0.39, 0.29) is 17.9 Å². The molecular weight excluding hydrogens is 366 g/mol. The molecule has 29 heavy (non-hydrogen) atoms. The number of benzene rings is 1. The number of amides is 2. The summed E-state index contributed by atoms with van der Waals surface area (Å²) in [7, 11) is 0. The summed E-state index contributed by atoms with van der Waals surface area (Å²) in [5.74, 6) is 0.622. The molecule has 3 unspecified atom stereocenters. The van der Waals surface area contributed by atoms with Crippen molar-refractivity contribution in [2.45, 2.75) is 70.7 Å². The SMILES string of the molecule is C=C1CCC(N2Cc3cc(OC4CCCC4N(CC)CC)ccc3C2=O)C(=O)N1. The summed E-state index contributed by atoms with van der Waals surface area (Å²) in [6, 6.07) is 5.78. The maximum atomic E-state index is 12.9. The average Bonchev–Trinajstić information content (AvgIpc) is 3.28. The van der Waals surface area contributed by atoms with Crippen LogP contribution in [0.2, 0.25) is 0 Å². The van der Waals surface area contributed by atoms with E-state index in [1.807, 2.05) is 18.2 Å². The highest BCUT2D eigenvalue weighted by Gasteiger charge is 2.38. The van der Waals surface area contributed by atoms with Crippen molar-refractivity contribution in [3.8, 4) is 5.75 Å². The van der Waals surface area contributed by atoms with Gasteiger partial charge in [-0.15, -0.1) is 0 Å². The lowest BCUT2D eigenvalue weighted by molar-refractivity contribution is -0.126. The fourth-order valence-corrected chi connectivity index (χ4v) is 5.03. The van der Waals surface area contributed by atoms with Crippen molar-refractivity contribution in [2.75, 3.05) is 13.1 Å². The summed E-state index contributed by atoms with van der Waals surface area (Å²) < 4.78 is 6.39. The fourth-order valence-electron chi connectivity index (χ4n) is 5.03. The molecule has 4 rings (SSSR count). The third-order valence-corrected chi connectivity index (χ3v) is 6.59. The first-order chi connectivity index (χ1) is 14.0. The van der Waals surface area contributed by atoms with Gasteiger partial charge in [-0.25, -0.2) is 0 Å². The molecule has 1 aromatic carbocycles. The molecule has 2 amide bonds. The average molecular weight is 398 g/mol. The highest BCUT2D eigenvalue weighted by Crippen LogP contribution is 2.33. The summed E-state index contributed by atoms with van der Waals surface area (Å²) in [6.07, 6.45) is 4.95. The van der Waals surface area contributed by atoms with E-state index in [0.29, 0.717) is 31.0 Å². The number of allylic oxidation sites excluding steroid dienone is 1. The zero-order valence-corrected chi connectivity index (χ0v) is 17.4. The minimum Gasteiger partial charge on any atom is -0.489 e. The molecule has 156 valence electrons. The summed E-state index contributed by atoms with van der Waals surface area (Å²) >= 11 is 0. The van der Waals surface area contributed by atoms with Crippen LogP contribution in [-0.4, -0.2) is 52.9 Å². The molecule has 3 atom stereocenters. The molecule has 6 nitrogen and oxygen atoms in total. The molecule has 2 fully saturated rings. The molecule has 2 heterocycles. The normalized spacial score (nSPS) is 26.8. The molecule has 6 heteroatoms. The summed E-state index contributed by atoms with van der Waals surface area (Å²) in [4.78, 5) is 29.4. The number of piperidine rings is 1. The third-order valence-electron chi connectivity index (χ3n) is 6.59. The predicted octanol–water partition coefficient (Wildman–Crippen LogP) is 3.08. The van der Waals surface area contributed by atoms with Gasteiger partial charge in [-0.2, -0.15) is 0 Å². The molecule has 1 saturated heterocycles. The molecule has 0 bridgehead atoms. The number of hydrogen-bond donors (Lipinski definition) is 1. The van der Waals surface area contributed by atoms with Crippen molar-refractivity contribution >= 4 is 11.8 Å². The van der Waals surface area contributed by atoms with Gasteiger partial charge in [0.25, 0.3) is 5.91 Å². The van der Waals surface area contributed by atoms with Crippen LogP contribution in [0.5, 0.6) is 5.75 Å². The molecule has 1 aliphatic carbocycles. The van der Waals surface area contributed by atoms with Gasteiger partial charge >= 0.3 is 0 Å². The van der Waals surface area contributed by atoms with E-state index in [2.05, 4.69) is 30.6 Å². The second-order valence-electron chi connectivity index (χ2n) is 8.28. The monoisotopic (exact) mass is 397 g/mol. The van der Waals surface area contributed by atoms with Crippen LogP contribution in [0.4, 0.5) is 0 Å². The molecular formula is C23H31N3O3. The smallest absolute Gasteiger partial charge is 0.255 e. The molecule has 0 radical (unpaired) electrons. The van der Waals surface area contributed by atoms with Gasteiger partial charge in [-0.1, -0.05) is 20.4 Å². The van der Waals surface area contributed by atoms with E-state index >= 15 is 0 Å². The van der Waals surface area contributed by atoms with Crippen molar-refractivity contribution in [3.05, 3.63) is 41.6 Å². The Balaban J connectivity index is 1.48. The van der Waals surface area contributed by atoms with Crippen molar-refractivity contribution < 1.29 is 14.3 Å². The maximum Gasteiger partial charge on any atom is 0.255 e. The van der Waals surface area contributed by atoms with Crippen LogP contribution in [0.25, 0.3) is 0 Å². The number of nitrogens with zero attached hydrogens (tertiary/aromatic N) is 2. The first-order valence-electron chi connectivity index (χ1n) is 10.8. The zero-order chi connectivity index (χ0) is 20.5. The van der Waals surface area contributed by atoms with Crippen LogP contribution in [0.15, 0.2) is 30.5 Å². The van der Waals surface area contributed by atoms with E-state index in [4.69, 9.17) is 4.74 Å². The van der Waals surface area contributed by atoms with Crippen molar-refractivity contribution in [1.82, 2.24) is 15.1 Å². The number of rotatable bonds is 6. The molecule has 1 aromatic rings. The Kier molecular flexibility index (Phi) is 5.63. The van der Waals surface area contributed by atoms with Gasteiger partial charge in [-0.3, -0.25) is 14.5 Å². The van der Waals surface area contributed by atoms with Gasteiger partial charge in [0, 0.05) is 23.8 Å². The minimum absolute atomic E-state index is 0.0684. The maximum absolute atomic E-state index is 12.9. The number of carbonyl (C=O) groups is 2.